The van der Waals surface area contributed by atoms with E-state index in [-0.39, 0.29) is 111 Å². The number of nitrogens with zero attached hydrogens (tertiary/aromatic N) is 4. The summed E-state index contributed by atoms with van der Waals surface area (Å²) in [5, 5.41) is 0. The number of fused-ring (bicyclic) bond motifs is 4. The zero-order valence-electron chi connectivity index (χ0n) is 42.5. The van der Waals surface area contributed by atoms with Crippen LogP contribution in [0.5, 0.6) is 0 Å². The number of carbonyl (C=O) groups is 10. The third kappa shape index (κ3) is 11.3. The first kappa shape index (κ1) is 64.5. The minimum absolute atomic E-state index is 0. The summed E-state index contributed by atoms with van der Waals surface area (Å²) in [6, 6.07) is 48.5. The Morgan fingerprint density at radius 1 is 0.286 bits per heavy atom. The maximum atomic E-state index is 13.3. The molecule has 0 unspecified atom stereocenters. The van der Waals surface area contributed by atoms with Crippen molar-refractivity contribution in [2.24, 2.45) is 0 Å². The van der Waals surface area contributed by atoms with Crippen LogP contribution >= 0.6 is 0 Å². The van der Waals surface area contributed by atoms with Crippen molar-refractivity contribution in [2.75, 3.05) is 23.9 Å². The minimum atomic E-state index is -0.507. The Balaban J connectivity index is 0.000000287. The maximum Gasteiger partial charge on any atom is 0.266 e. The van der Waals surface area contributed by atoms with Gasteiger partial charge in [-0.2, -0.15) is 0 Å². The number of carbonyl (C=O) groups excluding carboxylic acids is 10. The van der Waals surface area contributed by atoms with Crippen molar-refractivity contribution in [2.45, 2.75) is 71.2 Å². The van der Waals surface area contributed by atoms with Crippen molar-refractivity contribution in [3.05, 3.63) is 270 Å². The number of benzene rings is 8. The quantitative estimate of drug-likeness (QED) is 0.0943. The highest BCUT2D eigenvalue weighted by molar-refractivity contribution is 6.36. The predicted molar refractivity (Wildman–Crippen MR) is 329 cm³/mol. The molecular formula is C70H68N4O10. The number of hydrogen-bond donors (Lipinski definition) is 0. The summed E-state index contributed by atoms with van der Waals surface area (Å²) in [5.74, 6) is -4.55. The van der Waals surface area contributed by atoms with Crippen LogP contribution in [-0.2, 0) is 12.8 Å². The smallest absolute Gasteiger partial charge is 0.266 e. The van der Waals surface area contributed by atoms with Gasteiger partial charge in [-0.3, -0.25) is 57.7 Å². The summed E-state index contributed by atoms with van der Waals surface area (Å²) in [4.78, 5) is 133. The number of rotatable bonds is 10. The fourth-order valence-electron chi connectivity index (χ4n) is 9.98. The molecule has 0 N–H and O–H groups in total. The molecule has 0 saturated carbocycles. The van der Waals surface area contributed by atoms with Crippen molar-refractivity contribution >= 4 is 70.2 Å². The number of ketones is 2. The first-order valence-electron chi connectivity index (χ1n) is 24.8. The topological polar surface area (TPSA) is 184 Å². The average Bonchev–Trinajstić information content (AvgIpc) is 2.18. The van der Waals surface area contributed by atoms with Crippen molar-refractivity contribution < 1.29 is 47.9 Å². The zero-order chi connectivity index (χ0) is 54.8. The first-order chi connectivity index (χ1) is 37.4. The van der Waals surface area contributed by atoms with Crippen molar-refractivity contribution in [3.63, 3.8) is 0 Å². The Bertz CT molecular complexity index is 3730. The molecule has 12 rings (SSSR count). The van der Waals surface area contributed by atoms with Crippen LogP contribution in [-0.4, -0.2) is 82.7 Å². The van der Waals surface area contributed by atoms with E-state index in [0.29, 0.717) is 11.4 Å². The summed E-state index contributed by atoms with van der Waals surface area (Å²) in [6.07, 6.45) is 1.46. The van der Waals surface area contributed by atoms with Crippen LogP contribution in [0.2, 0.25) is 0 Å². The van der Waals surface area contributed by atoms with Gasteiger partial charge in [0.2, 0.25) is 0 Å². The molecule has 0 radical (unpaired) electrons. The van der Waals surface area contributed by atoms with E-state index >= 15 is 0 Å². The first-order valence-corrected chi connectivity index (χ1v) is 24.8. The number of aryl methyl sites for hydroxylation is 2. The van der Waals surface area contributed by atoms with Crippen LogP contribution in [0.4, 0.5) is 11.4 Å². The van der Waals surface area contributed by atoms with Gasteiger partial charge in [-0.1, -0.05) is 153 Å². The van der Waals surface area contributed by atoms with Crippen molar-refractivity contribution in [1.82, 2.24) is 9.80 Å². The number of imide groups is 4. The van der Waals surface area contributed by atoms with Gasteiger partial charge in [-0.15, -0.1) is 0 Å². The fraction of sp³-hybridized carbons (Fsp3) is 0.171. The summed E-state index contributed by atoms with van der Waals surface area (Å²) >= 11 is 0. The van der Waals surface area contributed by atoms with Gasteiger partial charge < -0.3 is 0 Å². The third-order valence-electron chi connectivity index (χ3n) is 14.4. The lowest BCUT2D eigenvalue weighted by molar-refractivity contribution is 0.0677. The molecule has 0 aromatic heterocycles. The summed E-state index contributed by atoms with van der Waals surface area (Å²) in [6.45, 7) is 4.08. The normalized spacial score (nSPS) is 13.2. The van der Waals surface area contributed by atoms with Crippen LogP contribution in [0.1, 0.15) is 193 Å². The number of hydrogen-bond acceptors (Lipinski definition) is 10. The van der Waals surface area contributed by atoms with E-state index in [9.17, 15) is 47.9 Å². The lowest BCUT2D eigenvalue weighted by Crippen LogP contribution is -2.29. The molecule has 0 bridgehead atoms. The molecule has 84 heavy (non-hydrogen) atoms. The third-order valence-corrected chi connectivity index (χ3v) is 14.4. The Morgan fingerprint density at radius 3 is 0.774 bits per heavy atom. The van der Waals surface area contributed by atoms with Crippen LogP contribution < -0.4 is 9.80 Å². The average molecular weight is 1130 g/mol. The second-order valence-corrected chi connectivity index (χ2v) is 19.6. The van der Waals surface area contributed by atoms with Gasteiger partial charge in [-0.25, -0.2) is 9.80 Å². The number of anilines is 2. The molecule has 4 heterocycles. The molecular weight excluding hydrogens is 1060 g/mol. The lowest BCUT2D eigenvalue weighted by Gasteiger charge is -2.14. The Kier molecular flexibility index (Phi) is 19.4. The second-order valence-electron chi connectivity index (χ2n) is 19.6. The monoisotopic (exact) mass is 1120 g/mol. The Morgan fingerprint density at radius 2 is 0.500 bits per heavy atom. The van der Waals surface area contributed by atoms with E-state index in [2.05, 4.69) is 48.5 Å². The summed E-state index contributed by atoms with van der Waals surface area (Å²) in [7, 11) is 2.78. The summed E-state index contributed by atoms with van der Waals surface area (Å²) < 4.78 is 0. The molecule has 4 aliphatic rings. The van der Waals surface area contributed by atoms with E-state index in [1.807, 2.05) is 38.1 Å². The Hall–Kier alpha value is -10.3. The minimum Gasteiger partial charge on any atom is -0.289 e. The molecule has 8 aromatic rings. The predicted octanol–water partition coefficient (Wildman–Crippen LogP) is 13.5. The zero-order valence-corrected chi connectivity index (χ0v) is 42.5. The Labute approximate surface area is 491 Å². The van der Waals surface area contributed by atoms with E-state index in [1.54, 1.807) is 24.3 Å². The van der Waals surface area contributed by atoms with Crippen molar-refractivity contribution in [1.29, 1.82) is 0 Å². The van der Waals surface area contributed by atoms with Crippen LogP contribution in [0.15, 0.2) is 170 Å². The SMILES string of the molecule is C.C.C.C.C.C.Cc1ccc(Cc2ccc(N3C(=O)c4ccc(C(=O)c5ccc6c(c5)C(=O)N(C)C6=O)cc4C3=O)cc2)cc1.Cc1ccc(Cc2ccc(N3C(=O)c4ccc(C(=O)c5ccc6c(c5)C(=O)N(C)C6=O)cc4C3=O)cc2)cc1. The number of amides is 8. The van der Waals surface area contributed by atoms with Crippen LogP contribution in [0.25, 0.3) is 0 Å². The molecule has 0 saturated heterocycles. The highest BCUT2D eigenvalue weighted by atomic mass is 16.2. The molecule has 428 valence electrons. The van der Waals surface area contributed by atoms with Gasteiger partial charge in [0.25, 0.3) is 47.3 Å². The van der Waals surface area contributed by atoms with Gasteiger partial charge in [0.1, 0.15) is 0 Å². The molecule has 0 spiro atoms. The van der Waals surface area contributed by atoms with Crippen LogP contribution in [0, 0.1) is 13.8 Å². The highest BCUT2D eigenvalue weighted by Crippen LogP contribution is 2.34. The maximum absolute atomic E-state index is 13.3. The molecule has 0 atom stereocenters. The van der Waals surface area contributed by atoms with Gasteiger partial charge in [0.15, 0.2) is 11.6 Å². The molecule has 8 amide bonds. The van der Waals surface area contributed by atoms with E-state index in [0.717, 1.165) is 54.7 Å². The fourth-order valence-corrected chi connectivity index (χ4v) is 9.98. The van der Waals surface area contributed by atoms with Gasteiger partial charge >= 0.3 is 0 Å². The summed E-state index contributed by atoms with van der Waals surface area (Å²) in [5.41, 5.74) is 10.1. The molecule has 14 heteroatoms. The molecule has 14 nitrogen and oxygen atoms in total. The largest absolute Gasteiger partial charge is 0.289 e. The molecule has 4 aliphatic heterocycles. The van der Waals surface area contributed by atoms with Crippen LogP contribution in [0.3, 0.4) is 0 Å². The van der Waals surface area contributed by atoms with E-state index in [1.165, 1.54) is 98.0 Å². The van der Waals surface area contributed by atoms with E-state index in [4.69, 9.17) is 0 Å². The van der Waals surface area contributed by atoms with Crippen molar-refractivity contribution in [3.8, 4) is 0 Å². The van der Waals surface area contributed by atoms with Gasteiger partial charge in [0.05, 0.1) is 55.9 Å². The van der Waals surface area contributed by atoms with Gasteiger partial charge in [-0.05, 0) is 122 Å². The molecule has 0 aliphatic carbocycles. The van der Waals surface area contributed by atoms with E-state index < -0.39 is 58.8 Å². The second kappa shape index (κ2) is 25.2. The standard InChI is InChI=1S/2C32H22N2O5.6CH4/c2*1-18-3-5-19(6-4-18)15-20-7-11-23(12-8-20)34-31(38)25-14-10-22(17-27(25)32(34)39)28(35)21-9-13-24-26(16-21)30(37)33(2)29(24)36;;;;;;/h2*3-14,16-17H,15H2,1-2H3;6*1H4. The highest BCUT2D eigenvalue weighted by Gasteiger charge is 2.40. The molecule has 8 aromatic carbocycles. The lowest BCUT2D eigenvalue weighted by atomic mass is 9.96. The van der Waals surface area contributed by atoms with Gasteiger partial charge in [0, 0.05) is 36.3 Å². The molecule has 0 fully saturated rings.